The first-order chi connectivity index (χ1) is 23.9. The average Bonchev–Trinajstić information content (AvgIpc) is 3.64. The predicted molar refractivity (Wildman–Crippen MR) is 181 cm³/mol. The quantitative estimate of drug-likeness (QED) is 0.113. The number of nitrogens with one attached hydrogen (secondary N) is 6. The lowest BCUT2D eigenvalue weighted by atomic mass is 9.84. The number of tetrazole rings is 1. The number of hydrogen-bond acceptors (Lipinski definition) is 11. The molecular formula is C33H51N11O6. The van der Waals surface area contributed by atoms with E-state index in [2.05, 4.69) is 57.2 Å². The third kappa shape index (κ3) is 12.2. The Balaban J connectivity index is 1.76. The molecule has 274 valence electrons. The summed E-state index contributed by atoms with van der Waals surface area (Å²) in [6.45, 7) is 9.05. The first-order valence-electron chi connectivity index (χ1n) is 17.5. The van der Waals surface area contributed by atoms with Crippen LogP contribution in [-0.2, 0) is 30.5 Å². The number of ketones is 1. The largest absolute Gasteiger partial charge is 0.344 e. The molecule has 50 heavy (non-hydrogen) atoms. The highest BCUT2D eigenvalue weighted by molar-refractivity contribution is 6.38. The Labute approximate surface area is 292 Å². The number of nitrogens with zero attached hydrogens (tertiary/aromatic N) is 5. The second-order valence-electron chi connectivity index (χ2n) is 13.3. The average molecular weight is 698 g/mol. The van der Waals surface area contributed by atoms with Gasteiger partial charge in [-0.05, 0) is 37.0 Å². The summed E-state index contributed by atoms with van der Waals surface area (Å²) in [4.78, 5) is 87.8. The molecule has 1 aliphatic rings. The summed E-state index contributed by atoms with van der Waals surface area (Å²) in [6, 6.07) is -4.16. The molecule has 17 nitrogen and oxygen atoms in total. The highest BCUT2D eigenvalue weighted by Crippen LogP contribution is 2.27. The number of Topliss-reactive ketones (excluding diaryl/α,β-unsaturated/α-hetero) is 1. The second-order valence-corrected chi connectivity index (χ2v) is 13.3. The van der Waals surface area contributed by atoms with Gasteiger partial charge in [-0.15, -0.1) is 10.2 Å². The molecule has 2 aromatic heterocycles. The summed E-state index contributed by atoms with van der Waals surface area (Å²) < 4.78 is 0. The van der Waals surface area contributed by atoms with Crippen molar-refractivity contribution in [3.63, 3.8) is 0 Å². The van der Waals surface area contributed by atoms with Crippen LogP contribution in [0.4, 0.5) is 0 Å². The Morgan fingerprint density at radius 1 is 0.840 bits per heavy atom. The smallest absolute Gasteiger partial charge is 0.289 e. The molecule has 0 bridgehead atoms. The van der Waals surface area contributed by atoms with E-state index in [-0.39, 0.29) is 42.2 Å². The van der Waals surface area contributed by atoms with Gasteiger partial charge < -0.3 is 26.6 Å². The molecular weight excluding hydrogens is 646 g/mol. The van der Waals surface area contributed by atoms with E-state index in [1.54, 1.807) is 6.92 Å². The number of rotatable bonds is 19. The number of aromatic amines is 1. The summed E-state index contributed by atoms with van der Waals surface area (Å²) in [5.41, 5.74) is 0.0511. The fraction of sp³-hybridized carbons (Fsp3) is 0.667. The van der Waals surface area contributed by atoms with Crippen LogP contribution in [0.15, 0.2) is 18.6 Å². The van der Waals surface area contributed by atoms with E-state index in [1.165, 1.54) is 18.6 Å². The van der Waals surface area contributed by atoms with E-state index in [0.29, 0.717) is 19.3 Å². The Hall–Kier alpha value is -4.83. The maximum Gasteiger partial charge on any atom is 0.289 e. The number of carbonyl (C=O) groups is 6. The fourth-order valence-electron chi connectivity index (χ4n) is 5.84. The van der Waals surface area contributed by atoms with Crippen LogP contribution in [0.5, 0.6) is 0 Å². The van der Waals surface area contributed by atoms with Gasteiger partial charge in [-0.2, -0.15) is 5.21 Å². The van der Waals surface area contributed by atoms with Gasteiger partial charge in [-0.1, -0.05) is 78.4 Å². The zero-order valence-electron chi connectivity index (χ0n) is 29.5. The van der Waals surface area contributed by atoms with Crippen molar-refractivity contribution in [1.82, 2.24) is 57.2 Å². The van der Waals surface area contributed by atoms with Crippen molar-refractivity contribution in [3.8, 4) is 0 Å². The lowest BCUT2D eigenvalue weighted by Gasteiger charge is -2.31. The minimum atomic E-state index is -1.14. The number of H-pyrrole nitrogens is 1. The molecule has 0 aliphatic heterocycles. The summed E-state index contributed by atoms with van der Waals surface area (Å²) in [7, 11) is 0. The van der Waals surface area contributed by atoms with Gasteiger partial charge in [-0.3, -0.25) is 33.8 Å². The molecule has 1 saturated carbocycles. The van der Waals surface area contributed by atoms with Crippen molar-refractivity contribution in [2.75, 3.05) is 0 Å². The molecule has 6 N–H and O–H groups in total. The first-order valence-corrected chi connectivity index (χ1v) is 17.5. The molecule has 5 atom stereocenters. The molecule has 1 fully saturated rings. The van der Waals surface area contributed by atoms with Crippen LogP contribution in [0.1, 0.15) is 109 Å². The molecule has 2 heterocycles. The lowest BCUT2D eigenvalue weighted by Crippen LogP contribution is -2.60. The number of carbonyl (C=O) groups excluding carboxylic acids is 6. The van der Waals surface area contributed by atoms with Gasteiger partial charge in [0.15, 0.2) is 5.82 Å². The molecule has 0 radical (unpaired) electrons. The normalized spacial score (nSPS) is 16.3. The molecule has 17 heteroatoms. The first kappa shape index (κ1) is 39.6. The van der Waals surface area contributed by atoms with E-state index in [1.807, 2.05) is 27.7 Å². The standard InChI is InChI=1S/C33H51N11O6/c1-6-20(5)27(40-30(47)23(15-19(3)4)38-31(48)25-17-34-13-14-35-25)32(49)39-24(16-21-11-9-8-10-12-21)29(46)37-22(7-2)28(45)33(50)36-18-26-41-43-44-42-26/h13-14,17,19-24,27H,6-12,15-16,18H2,1-5H3,(H,36,50)(H,37,46)(H,38,48)(H,39,49)(H,40,47)(H,41,42,43,44)/t20-,22-,23-,24-,27?/m0/s1. The Kier molecular flexibility index (Phi) is 15.8. The van der Waals surface area contributed by atoms with Crippen molar-refractivity contribution < 1.29 is 28.8 Å². The van der Waals surface area contributed by atoms with Crippen molar-refractivity contribution in [1.29, 1.82) is 0 Å². The minimum absolute atomic E-state index is 0.0302. The minimum Gasteiger partial charge on any atom is -0.344 e. The fourth-order valence-corrected chi connectivity index (χ4v) is 5.84. The van der Waals surface area contributed by atoms with Crippen LogP contribution in [-0.4, -0.2) is 90.1 Å². The highest BCUT2D eigenvalue weighted by atomic mass is 16.2. The van der Waals surface area contributed by atoms with Crippen molar-refractivity contribution >= 4 is 35.3 Å². The predicted octanol–water partition coefficient (Wildman–Crippen LogP) is 0.901. The van der Waals surface area contributed by atoms with Crippen LogP contribution in [0.25, 0.3) is 0 Å². The molecule has 0 spiro atoms. The number of aromatic nitrogens is 6. The topological polar surface area (TPSA) is 243 Å². The Bertz CT molecular complexity index is 1420. The molecule has 1 aliphatic carbocycles. The monoisotopic (exact) mass is 697 g/mol. The molecule has 1 unspecified atom stereocenters. The van der Waals surface area contributed by atoms with Gasteiger partial charge in [0.05, 0.1) is 18.8 Å². The van der Waals surface area contributed by atoms with E-state index < -0.39 is 59.5 Å². The zero-order valence-corrected chi connectivity index (χ0v) is 29.5. The molecule has 3 rings (SSSR count). The van der Waals surface area contributed by atoms with Crippen LogP contribution in [0.2, 0.25) is 0 Å². The van der Waals surface area contributed by atoms with Crippen molar-refractivity contribution in [2.24, 2.45) is 17.8 Å². The molecule has 5 amide bonds. The second kappa shape index (κ2) is 20.0. The van der Waals surface area contributed by atoms with Crippen LogP contribution in [0, 0.1) is 17.8 Å². The third-order valence-electron chi connectivity index (χ3n) is 8.91. The van der Waals surface area contributed by atoms with Crippen molar-refractivity contribution in [3.05, 3.63) is 30.1 Å². The maximum absolute atomic E-state index is 14.0. The summed E-state index contributed by atoms with van der Waals surface area (Å²) in [5, 5.41) is 26.6. The molecule has 0 aromatic carbocycles. The van der Waals surface area contributed by atoms with Gasteiger partial charge in [0.25, 0.3) is 11.8 Å². The Morgan fingerprint density at radius 3 is 2.14 bits per heavy atom. The van der Waals surface area contributed by atoms with E-state index in [4.69, 9.17) is 0 Å². The maximum atomic E-state index is 14.0. The van der Waals surface area contributed by atoms with Crippen molar-refractivity contribution in [2.45, 2.75) is 123 Å². The summed E-state index contributed by atoms with van der Waals surface area (Å²) in [6.07, 6.45) is 10.3. The molecule has 2 aromatic rings. The van der Waals surface area contributed by atoms with Gasteiger partial charge in [-0.25, -0.2) is 4.98 Å². The number of amides is 5. The van der Waals surface area contributed by atoms with Gasteiger partial charge in [0.2, 0.25) is 23.5 Å². The summed E-state index contributed by atoms with van der Waals surface area (Å²) in [5.74, 6) is -4.01. The van der Waals surface area contributed by atoms with Crippen LogP contribution < -0.4 is 26.6 Å². The molecule has 0 saturated heterocycles. The van der Waals surface area contributed by atoms with Gasteiger partial charge in [0.1, 0.15) is 23.8 Å². The van der Waals surface area contributed by atoms with Crippen LogP contribution >= 0.6 is 0 Å². The SMILES string of the molecule is CC[C@H](NC(=O)[C@H](CC1CCCCC1)NC(=O)C(NC(=O)[C@H](CC(C)C)NC(=O)c1cnccn1)[C@@H](C)CC)C(=O)C(=O)NCc1nn[nH]n1. The Morgan fingerprint density at radius 2 is 1.54 bits per heavy atom. The zero-order chi connectivity index (χ0) is 36.6. The van der Waals surface area contributed by atoms with E-state index in [9.17, 15) is 28.8 Å². The lowest BCUT2D eigenvalue weighted by molar-refractivity contribution is -0.140. The van der Waals surface area contributed by atoms with E-state index in [0.717, 1.165) is 32.1 Å². The summed E-state index contributed by atoms with van der Waals surface area (Å²) >= 11 is 0. The third-order valence-corrected chi connectivity index (χ3v) is 8.91. The van der Waals surface area contributed by atoms with Gasteiger partial charge in [0, 0.05) is 12.4 Å². The van der Waals surface area contributed by atoms with Crippen LogP contribution in [0.3, 0.4) is 0 Å². The van der Waals surface area contributed by atoms with Gasteiger partial charge >= 0.3 is 0 Å². The number of hydrogen-bond donors (Lipinski definition) is 6. The van der Waals surface area contributed by atoms with E-state index >= 15 is 0 Å². The highest BCUT2D eigenvalue weighted by Gasteiger charge is 2.35.